The van der Waals surface area contributed by atoms with Crippen molar-refractivity contribution in [3.63, 3.8) is 0 Å². The summed E-state index contributed by atoms with van der Waals surface area (Å²) in [6.07, 6.45) is 0. The Hall–Kier alpha value is -1.16. The van der Waals surface area contributed by atoms with Gasteiger partial charge in [-0.3, -0.25) is 0 Å². The van der Waals surface area contributed by atoms with E-state index in [4.69, 9.17) is 0 Å². The topological polar surface area (TPSA) is 30.7 Å². The minimum absolute atomic E-state index is 1.02. The van der Waals surface area contributed by atoms with Gasteiger partial charge in [0.15, 0.2) is 0 Å². The molecule has 0 amide bonds. The first-order valence-electron chi connectivity index (χ1n) is 4.53. The van der Waals surface area contributed by atoms with Crippen molar-refractivity contribution >= 4 is 11.5 Å². The summed E-state index contributed by atoms with van der Waals surface area (Å²) in [4.78, 5) is 1.18. The zero-order valence-corrected chi connectivity index (χ0v) is 9.64. The zero-order chi connectivity index (χ0) is 10.3. The van der Waals surface area contributed by atoms with Crippen molar-refractivity contribution in [2.75, 3.05) is 0 Å². The molecule has 0 fully saturated rings. The summed E-state index contributed by atoms with van der Waals surface area (Å²) in [6, 6.07) is 2.17. The van der Waals surface area contributed by atoms with Crippen LogP contribution in [0.5, 0.6) is 0 Å². The molecule has 14 heavy (non-hydrogen) atoms. The molecule has 0 unspecified atom stereocenters. The molecule has 0 aliphatic heterocycles. The highest BCUT2D eigenvalue weighted by molar-refractivity contribution is 7.05. The summed E-state index contributed by atoms with van der Waals surface area (Å²) in [6.45, 7) is 6.27. The minimum Gasteiger partial charge on any atom is -0.346 e. The Labute approximate surface area is 87.6 Å². The van der Waals surface area contributed by atoms with E-state index in [1.807, 2.05) is 0 Å². The van der Waals surface area contributed by atoms with Gasteiger partial charge in [-0.2, -0.15) is 0 Å². The van der Waals surface area contributed by atoms with Gasteiger partial charge in [0.25, 0.3) is 0 Å². The van der Waals surface area contributed by atoms with Gasteiger partial charge in [0, 0.05) is 12.7 Å². The SMILES string of the molecule is Cc1cc(C)n(C)c1-c1nnsc1C. The first-order valence-corrected chi connectivity index (χ1v) is 5.31. The molecule has 0 aromatic carbocycles. The molecule has 4 heteroatoms. The molecule has 2 aromatic rings. The quantitative estimate of drug-likeness (QED) is 0.719. The second-order valence-electron chi connectivity index (χ2n) is 3.55. The average molecular weight is 207 g/mol. The molecule has 3 nitrogen and oxygen atoms in total. The maximum atomic E-state index is 4.17. The Morgan fingerprint density at radius 3 is 2.43 bits per heavy atom. The lowest BCUT2D eigenvalue weighted by Gasteiger charge is -2.03. The summed E-state index contributed by atoms with van der Waals surface area (Å²) in [5, 5.41) is 4.17. The Morgan fingerprint density at radius 2 is 2.00 bits per heavy atom. The number of hydrogen-bond acceptors (Lipinski definition) is 3. The van der Waals surface area contributed by atoms with Crippen LogP contribution in [-0.2, 0) is 7.05 Å². The van der Waals surface area contributed by atoms with Crippen molar-refractivity contribution in [2.45, 2.75) is 20.8 Å². The fourth-order valence-electron chi connectivity index (χ4n) is 1.72. The first-order chi connectivity index (χ1) is 6.61. The lowest BCUT2D eigenvalue weighted by molar-refractivity contribution is 0.882. The maximum Gasteiger partial charge on any atom is 0.125 e. The molecular weight excluding hydrogens is 194 g/mol. The maximum absolute atomic E-state index is 4.17. The van der Waals surface area contributed by atoms with Crippen molar-refractivity contribution in [3.8, 4) is 11.4 Å². The van der Waals surface area contributed by atoms with Crippen molar-refractivity contribution in [1.82, 2.24) is 14.2 Å². The number of nitrogens with zero attached hydrogens (tertiary/aromatic N) is 3. The molecule has 74 valence electrons. The third-order valence-electron chi connectivity index (χ3n) is 2.54. The molecule has 0 radical (unpaired) electrons. The fourth-order valence-corrected chi connectivity index (χ4v) is 2.18. The highest BCUT2D eigenvalue weighted by atomic mass is 32.1. The van der Waals surface area contributed by atoms with Gasteiger partial charge in [-0.05, 0) is 43.9 Å². The van der Waals surface area contributed by atoms with Gasteiger partial charge in [-0.25, -0.2) is 0 Å². The van der Waals surface area contributed by atoms with E-state index in [-0.39, 0.29) is 0 Å². The molecule has 0 aliphatic carbocycles. The Kier molecular flexibility index (Phi) is 2.15. The lowest BCUT2D eigenvalue weighted by atomic mass is 10.2. The van der Waals surface area contributed by atoms with Crippen LogP contribution in [0.15, 0.2) is 6.07 Å². The molecule has 0 spiro atoms. The van der Waals surface area contributed by atoms with Crippen molar-refractivity contribution < 1.29 is 0 Å². The van der Waals surface area contributed by atoms with E-state index < -0.39 is 0 Å². The third-order valence-corrected chi connectivity index (χ3v) is 3.17. The van der Waals surface area contributed by atoms with Gasteiger partial charge < -0.3 is 4.57 Å². The van der Waals surface area contributed by atoms with E-state index in [0.29, 0.717) is 0 Å². The predicted octanol–water partition coefficient (Wildman–Crippen LogP) is 2.47. The van der Waals surface area contributed by atoms with E-state index in [0.717, 1.165) is 5.69 Å². The molecular formula is C10H13N3S. The zero-order valence-electron chi connectivity index (χ0n) is 8.83. The molecule has 2 aromatic heterocycles. The predicted molar refractivity (Wildman–Crippen MR) is 58.5 cm³/mol. The van der Waals surface area contributed by atoms with Crippen molar-refractivity contribution in [1.29, 1.82) is 0 Å². The molecule has 0 atom stereocenters. The smallest absolute Gasteiger partial charge is 0.125 e. The van der Waals surface area contributed by atoms with Crippen LogP contribution in [0, 0.1) is 20.8 Å². The largest absolute Gasteiger partial charge is 0.346 e. The van der Waals surface area contributed by atoms with Gasteiger partial charge in [0.1, 0.15) is 5.69 Å². The van der Waals surface area contributed by atoms with Crippen LogP contribution in [0.4, 0.5) is 0 Å². The highest BCUT2D eigenvalue weighted by Crippen LogP contribution is 2.27. The average Bonchev–Trinajstić information content (AvgIpc) is 2.60. The van der Waals surface area contributed by atoms with Crippen LogP contribution >= 0.6 is 11.5 Å². The van der Waals surface area contributed by atoms with E-state index >= 15 is 0 Å². The molecule has 0 bridgehead atoms. The molecule has 0 N–H and O–H groups in total. The minimum atomic E-state index is 1.02. The van der Waals surface area contributed by atoms with E-state index in [1.54, 1.807) is 0 Å². The second kappa shape index (κ2) is 3.20. The summed E-state index contributed by atoms with van der Waals surface area (Å²) in [5.74, 6) is 0. The Morgan fingerprint density at radius 1 is 1.29 bits per heavy atom. The monoisotopic (exact) mass is 207 g/mol. The number of aryl methyl sites for hydroxylation is 3. The summed E-state index contributed by atoms with van der Waals surface area (Å²) in [7, 11) is 2.07. The Balaban J connectivity index is 2.68. The molecule has 2 heterocycles. The van der Waals surface area contributed by atoms with E-state index in [1.165, 1.54) is 33.4 Å². The normalized spacial score (nSPS) is 10.9. The molecule has 0 aliphatic rings. The van der Waals surface area contributed by atoms with Crippen LogP contribution in [0.2, 0.25) is 0 Å². The van der Waals surface area contributed by atoms with Gasteiger partial charge in [0.2, 0.25) is 0 Å². The summed E-state index contributed by atoms with van der Waals surface area (Å²) < 4.78 is 6.13. The Bertz CT molecular complexity index is 468. The van der Waals surface area contributed by atoms with Crippen LogP contribution in [0.1, 0.15) is 16.1 Å². The summed E-state index contributed by atoms with van der Waals surface area (Å²) in [5.41, 5.74) is 4.72. The highest BCUT2D eigenvalue weighted by Gasteiger charge is 2.14. The van der Waals surface area contributed by atoms with Crippen molar-refractivity contribution in [3.05, 3.63) is 22.2 Å². The number of hydrogen-bond donors (Lipinski definition) is 0. The standard InChI is InChI=1S/C10H13N3S/c1-6-5-7(2)13(4)10(6)9-8(3)14-12-11-9/h5H,1-4H3. The second-order valence-corrected chi connectivity index (χ2v) is 4.51. The van der Waals surface area contributed by atoms with Gasteiger partial charge in [-0.1, -0.05) is 4.49 Å². The van der Waals surface area contributed by atoms with Crippen molar-refractivity contribution in [2.24, 2.45) is 7.05 Å². The van der Waals surface area contributed by atoms with E-state index in [2.05, 4.69) is 48.0 Å². The first kappa shape index (κ1) is 9.40. The van der Waals surface area contributed by atoms with Crippen LogP contribution in [0.25, 0.3) is 11.4 Å². The third kappa shape index (κ3) is 1.26. The fraction of sp³-hybridized carbons (Fsp3) is 0.400. The lowest BCUT2D eigenvalue weighted by Crippen LogP contribution is -1.95. The number of aromatic nitrogens is 3. The summed E-state index contributed by atoms with van der Waals surface area (Å²) >= 11 is 1.45. The molecule has 0 saturated carbocycles. The van der Waals surface area contributed by atoms with Crippen LogP contribution in [0.3, 0.4) is 0 Å². The van der Waals surface area contributed by atoms with E-state index in [9.17, 15) is 0 Å². The molecule has 2 rings (SSSR count). The number of rotatable bonds is 1. The van der Waals surface area contributed by atoms with Gasteiger partial charge >= 0.3 is 0 Å². The van der Waals surface area contributed by atoms with Crippen LogP contribution in [-0.4, -0.2) is 14.2 Å². The molecule has 0 saturated heterocycles. The van der Waals surface area contributed by atoms with Gasteiger partial charge in [0.05, 0.1) is 10.6 Å². The van der Waals surface area contributed by atoms with Crippen LogP contribution < -0.4 is 0 Å². The van der Waals surface area contributed by atoms with Gasteiger partial charge in [-0.15, -0.1) is 5.10 Å².